The van der Waals surface area contributed by atoms with E-state index in [4.69, 9.17) is 38.4 Å². The lowest BCUT2D eigenvalue weighted by atomic mass is 9.97. The molecule has 0 aliphatic heterocycles. The molecule has 3 rings (SSSR count). The highest BCUT2D eigenvalue weighted by atomic mass is 35.5. The van der Waals surface area contributed by atoms with Crippen LogP contribution in [0.5, 0.6) is 5.88 Å². The molecular weight excluding hydrogens is 539 g/mol. The number of alkyl carbamates (subject to hydrolysis) is 1. The summed E-state index contributed by atoms with van der Waals surface area (Å²) in [6.07, 6.45) is 3.20. The number of pyridine rings is 1. The molecule has 3 N–H and O–H groups in total. The number of nitrogens with two attached hydrogens (primary N) is 1. The van der Waals surface area contributed by atoms with Crippen LogP contribution in [0.1, 0.15) is 36.7 Å². The molecule has 0 saturated carbocycles. The number of aromatic nitrogens is 1. The summed E-state index contributed by atoms with van der Waals surface area (Å²) in [6.45, 7) is 6.01. The molecule has 1 amide bonds. The van der Waals surface area contributed by atoms with Crippen LogP contribution in [0.25, 0.3) is 28.0 Å². The monoisotopic (exact) mass is 568 g/mol. The summed E-state index contributed by atoms with van der Waals surface area (Å²) >= 11 is 13.7. The van der Waals surface area contributed by atoms with Crippen LogP contribution >= 0.6 is 23.2 Å². The summed E-state index contributed by atoms with van der Waals surface area (Å²) in [5.41, 5.74) is 9.52. The number of carbonyl (C=O) groups excluding carboxylic acids is 2. The molecule has 8 nitrogen and oxygen atoms in total. The number of methoxy groups -OCH3 is 1. The molecule has 1 aromatic heterocycles. The van der Waals surface area contributed by atoms with Gasteiger partial charge in [0.15, 0.2) is 6.29 Å². The van der Waals surface area contributed by atoms with Gasteiger partial charge in [-0.2, -0.15) is 0 Å². The first-order chi connectivity index (χ1) is 18.6. The van der Waals surface area contributed by atoms with Gasteiger partial charge in [0.25, 0.3) is 0 Å². The van der Waals surface area contributed by atoms with Gasteiger partial charge in [0.1, 0.15) is 5.60 Å². The van der Waals surface area contributed by atoms with E-state index < -0.39 is 11.7 Å². The zero-order chi connectivity index (χ0) is 28.6. The lowest BCUT2D eigenvalue weighted by molar-refractivity contribution is 0.0529. The van der Waals surface area contributed by atoms with E-state index in [1.807, 2.05) is 36.4 Å². The summed E-state index contributed by atoms with van der Waals surface area (Å²) in [7, 11) is 1.45. The standard InChI is InChI=1S/C29H30Cl2N4O4/c1-29(2,3)39-28(37)34-14-13-33-16-19(15-32)20-7-5-8-21(25(20)30)22-9-6-10-23(26(22)31)24-12-11-18(17-36)27(35-24)38-4/h5-12,15-17H,13-14,32H2,1-4H3,(H,34,37). The lowest BCUT2D eigenvalue weighted by Gasteiger charge is -2.19. The first kappa shape index (κ1) is 29.7. The van der Waals surface area contributed by atoms with E-state index in [1.165, 1.54) is 13.3 Å². The van der Waals surface area contributed by atoms with Crippen LogP contribution in [0.15, 0.2) is 59.7 Å². The minimum absolute atomic E-state index is 0.210. The average Bonchev–Trinajstić information content (AvgIpc) is 2.90. The number of aldehydes is 1. The number of aliphatic imine (C=N–C) groups is 1. The van der Waals surface area contributed by atoms with Crippen molar-refractivity contribution in [2.45, 2.75) is 26.4 Å². The van der Waals surface area contributed by atoms with Crippen molar-refractivity contribution in [3.05, 3.63) is 75.9 Å². The third kappa shape index (κ3) is 7.59. The van der Waals surface area contributed by atoms with Gasteiger partial charge in [-0.25, -0.2) is 9.78 Å². The molecule has 0 atom stereocenters. The molecular formula is C29H30Cl2N4O4. The van der Waals surface area contributed by atoms with Gasteiger partial charge in [0.05, 0.1) is 35.0 Å². The number of allylic oxidation sites excluding steroid dienone is 1. The van der Waals surface area contributed by atoms with Gasteiger partial charge in [0.2, 0.25) is 5.88 Å². The van der Waals surface area contributed by atoms with Crippen molar-refractivity contribution in [1.82, 2.24) is 10.3 Å². The molecule has 0 fully saturated rings. The number of nitrogens with zero attached hydrogens (tertiary/aromatic N) is 2. The Morgan fingerprint density at radius 1 is 1.05 bits per heavy atom. The van der Waals surface area contributed by atoms with Crippen molar-refractivity contribution >= 4 is 47.4 Å². The van der Waals surface area contributed by atoms with Gasteiger partial charge in [-0.3, -0.25) is 9.79 Å². The second-order valence-electron chi connectivity index (χ2n) is 9.33. The number of amides is 1. The molecule has 39 heavy (non-hydrogen) atoms. The third-order valence-electron chi connectivity index (χ3n) is 5.40. The number of rotatable bonds is 9. The SMILES string of the molecule is COc1nc(-c2cccc(-c3cccc(C(C=NCCNC(=O)OC(C)(C)C)=CN)c3Cl)c2Cl)ccc1C=O. The molecule has 10 heteroatoms. The Hall–Kier alpha value is -3.88. The third-order valence-corrected chi connectivity index (χ3v) is 6.22. The smallest absolute Gasteiger partial charge is 0.407 e. The second-order valence-corrected chi connectivity index (χ2v) is 10.1. The minimum Gasteiger partial charge on any atom is -0.480 e. The number of ether oxygens (including phenoxy) is 2. The molecule has 0 bridgehead atoms. The maximum Gasteiger partial charge on any atom is 0.407 e. The quantitative estimate of drug-likeness (QED) is 0.174. The molecule has 3 aromatic rings. The number of hydrogen-bond donors (Lipinski definition) is 2. The van der Waals surface area contributed by atoms with Gasteiger partial charge in [0, 0.05) is 46.8 Å². The Balaban J connectivity index is 1.85. The molecule has 204 valence electrons. The van der Waals surface area contributed by atoms with Gasteiger partial charge in [-0.15, -0.1) is 0 Å². The van der Waals surface area contributed by atoms with Crippen molar-refractivity contribution < 1.29 is 19.1 Å². The highest BCUT2D eigenvalue weighted by Gasteiger charge is 2.18. The highest BCUT2D eigenvalue weighted by molar-refractivity contribution is 6.39. The van der Waals surface area contributed by atoms with Gasteiger partial charge < -0.3 is 20.5 Å². The number of benzene rings is 2. The minimum atomic E-state index is -0.572. The Morgan fingerprint density at radius 2 is 1.72 bits per heavy atom. The molecule has 0 aliphatic carbocycles. The Labute approximate surface area is 237 Å². The fourth-order valence-electron chi connectivity index (χ4n) is 3.66. The van der Waals surface area contributed by atoms with E-state index in [0.29, 0.717) is 68.5 Å². The van der Waals surface area contributed by atoms with Gasteiger partial charge >= 0.3 is 6.09 Å². The van der Waals surface area contributed by atoms with Crippen molar-refractivity contribution in [3.8, 4) is 28.3 Å². The summed E-state index contributed by atoms with van der Waals surface area (Å²) in [5, 5.41) is 3.53. The predicted molar refractivity (Wildman–Crippen MR) is 157 cm³/mol. The maximum atomic E-state index is 11.8. The molecule has 0 aliphatic rings. The summed E-state index contributed by atoms with van der Waals surface area (Å²) in [6, 6.07) is 14.4. The van der Waals surface area contributed by atoms with Crippen LogP contribution in [0.2, 0.25) is 10.0 Å². The predicted octanol–water partition coefficient (Wildman–Crippen LogP) is 6.44. The van der Waals surface area contributed by atoms with Gasteiger partial charge in [-0.1, -0.05) is 59.6 Å². The van der Waals surface area contributed by atoms with E-state index in [0.717, 1.165) is 0 Å². The van der Waals surface area contributed by atoms with Crippen LogP contribution in [0, 0.1) is 0 Å². The Kier molecular flexibility index (Phi) is 10.1. The lowest BCUT2D eigenvalue weighted by Crippen LogP contribution is -2.33. The maximum absolute atomic E-state index is 11.8. The highest BCUT2D eigenvalue weighted by Crippen LogP contribution is 2.41. The van der Waals surface area contributed by atoms with E-state index in [-0.39, 0.29) is 5.88 Å². The van der Waals surface area contributed by atoms with E-state index in [9.17, 15) is 9.59 Å². The molecule has 0 spiro atoms. The Morgan fingerprint density at radius 3 is 2.36 bits per heavy atom. The first-order valence-electron chi connectivity index (χ1n) is 12.1. The molecule has 2 aromatic carbocycles. The molecule has 1 heterocycles. The van der Waals surface area contributed by atoms with Crippen molar-refractivity contribution in [1.29, 1.82) is 0 Å². The number of carbonyl (C=O) groups is 2. The average molecular weight is 569 g/mol. The van der Waals surface area contributed by atoms with Crippen LogP contribution in [-0.2, 0) is 4.74 Å². The fraction of sp³-hybridized carbons (Fsp3) is 0.241. The van der Waals surface area contributed by atoms with Crippen molar-refractivity contribution in [2.24, 2.45) is 10.7 Å². The fourth-order valence-corrected chi connectivity index (χ4v) is 4.32. The zero-order valence-electron chi connectivity index (χ0n) is 22.1. The number of hydrogen-bond acceptors (Lipinski definition) is 7. The van der Waals surface area contributed by atoms with Crippen LogP contribution in [0.3, 0.4) is 0 Å². The summed E-state index contributed by atoms with van der Waals surface area (Å²) in [5.74, 6) is 0.210. The summed E-state index contributed by atoms with van der Waals surface area (Å²) < 4.78 is 10.5. The second kappa shape index (κ2) is 13.3. The molecule has 0 saturated heterocycles. The van der Waals surface area contributed by atoms with Gasteiger partial charge in [-0.05, 0) is 32.9 Å². The zero-order valence-corrected chi connectivity index (χ0v) is 23.6. The molecule has 0 radical (unpaired) electrons. The first-order valence-corrected chi connectivity index (χ1v) is 12.8. The van der Waals surface area contributed by atoms with Crippen molar-refractivity contribution in [2.75, 3.05) is 20.2 Å². The Bertz CT molecular complexity index is 1410. The number of nitrogens with one attached hydrogen (secondary N) is 1. The van der Waals surface area contributed by atoms with Crippen LogP contribution < -0.4 is 15.8 Å². The largest absolute Gasteiger partial charge is 0.480 e. The van der Waals surface area contributed by atoms with Crippen LogP contribution in [-0.4, -0.2) is 49.4 Å². The topological polar surface area (TPSA) is 116 Å². The van der Waals surface area contributed by atoms with Crippen LogP contribution in [0.4, 0.5) is 4.79 Å². The van der Waals surface area contributed by atoms with E-state index in [1.54, 1.807) is 39.1 Å². The van der Waals surface area contributed by atoms with E-state index in [2.05, 4.69) is 15.3 Å². The number of halogens is 2. The van der Waals surface area contributed by atoms with Crippen molar-refractivity contribution in [3.63, 3.8) is 0 Å². The summed E-state index contributed by atoms with van der Waals surface area (Å²) in [4.78, 5) is 31.8. The molecule has 0 unspecified atom stereocenters. The van der Waals surface area contributed by atoms with E-state index >= 15 is 0 Å². The normalized spacial score (nSPS) is 11.9.